The largest absolute Gasteiger partial charge is 0.381 e. The number of nitrogens with two attached hydrogens (primary N) is 1. The van der Waals surface area contributed by atoms with Gasteiger partial charge in [-0.1, -0.05) is 12.8 Å². The van der Waals surface area contributed by atoms with Crippen LogP contribution in [0.5, 0.6) is 0 Å². The van der Waals surface area contributed by atoms with Crippen LogP contribution in [0.25, 0.3) is 0 Å². The summed E-state index contributed by atoms with van der Waals surface area (Å²) in [5.41, 5.74) is 6.36. The van der Waals surface area contributed by atoms with Gasteiger partial charge in [0.1, 0.15) is 5.78 Å². The zero-order valence-corrected chi connectivity index (χ0v) is 12.1. The van der Waals surface area contributed by atoms with E-state index < -0.39 is 0 Å². The van der Waals surface area contributed by atoms with Crippen molar-refractivity contribution in [3.05, 3.63) is 11.1 Å². The van der Waals surface area contributed by atoms with Crippen molar-refractivity contribution >= 4 is 22.3 Å². The van der Waals surface area contributed by atoms with E-state index in [1.807, 2.05) is 5.38 Å². The fraction of sp³-hybridized carbons (Fsp3) is 0.714. The molecule has 19 heavy (non-hydrogen) atoms. The molecule has 1 aliphatic rings. The normalized spacial score (nSPS) is 16.6. The lowest BCUT2D eigenvalue weighted by Crippen LogP contribution is -2.15. The molecule has 2 heterocycles. The third-order valence-electron chi connectivity index (χ3n) is 3.61. The summed E-state index contributed by atoms with van der Waals surface area (Å²) in [4.78, 5) is 15.9. The van der Waals surface area contributed by atoms with Crippen molar-refractivity contribution in [1.29, 1.82) is 0 Å². The standard InChI is InChI=1S/C14H22N2O2S/c15-14-16-12(10-19-14)9-13(17)4-2-1-3-11-5-7-18-8-6-11/h10-11H,1-9H2,(H2,15,16). The van der Waals surface area contributed by atoms with Crippen LogP contribution in [0.2, 0.25) is 0 Å². The van der Waals surface area contributed by atoms with E-state index in [4.69, 9.17) is 10.5 Å². The number of rotatable bonds is 7. The van der Waals surface area contributed by atoms with Gasteiger partial charge >= 0.3 is 0 Å². The molecule has 106 valence electrons. The minimum absolute atomic E-state index is 0.275. The Balaban J connectivity index is 1.56. The zero-order chi connectivity index (χ0) is 13.5. The van der Waals surface area contributed by atoms with Crippen LogP contribution in [0.1, 0.15) is 44.2 Å². The summed E-state index contributed by atoms with van der Waals surface area (Å²) in [5.74, 6) is 1.08. The van der Waals surface area contributed by atoms with E-state index in [1.54, 1.807) is 0 Å². The molecule has 0 bridgehead atoms. The van der Waals surface area contributed by atoms with Crippen molar-refractivity contribution in [2.45, 2.75) is 44.9 Å². The molecule has 4 nitrogen and oxygen atoms in total. The van der Waals surface area contributed by atoms with E-state index in [1.165, 1.54) is 30.6 Å². The van der Waals surface area contributed by atoms with Crippen LogP contribution in [-0.4, -0.2) is 24.0 Å². The highest BCUT2D eigenvalue weighted by molar-refractivity contribution is 7.13. The summed E-state index contributed by atoms with van der Waals surface area (Å²) >= 11 is 1.40. The van der Waals surface area contributed by atoms with E-state index in [0.717, 1.165) is 37.7 Å². The van der Waals surface area contributed by atoms with Gasteiger partial charge in [0, 0.05) is 31.4 Å². The summed E-state index contributed by atoms with van der Waals surface area (Å²) in [5, 5.41) is 2.41. The molecule has 0 aromatic carbocycles. The molecule has 1 saturated heterocycles. The number of unbranched alkanes of at least 4 members (excludes halogenated alkanes) is 1. The predicted octanol–water partition coefficient (Wildman–Crippen LogP) is 2.82. The number of aromatic nitrogens is 1. The van der Waals surface area contributed by atoms with Gasteiger partial charge in [0.05, 0.1) is 5.69 Å². The number of ether oxygens (including phenoxy) is 1. The third-order valence-corrected chi connectivity index (χ3v) is 4.33. The second kappa shape index (κ2) is 7.60. The molecule has 1 fully saturated rings. The second-order valence-electron chi connectivity index (χ2n) is 5.19. The van der Waals surface area contributed by atoms with Crippen LogP contribution in [-0.2, 0) is 16.0 Å². The minimum Gasteiger partial charge on any atom is -0.381 e. The van der Waals surface area contributed by atoms with Crippen molar-refractivity contribution in [2.24, 2.45) is 5.92 Å². The number of nitrogens with zero attached hydrogens (tertiary/aromatic N) is 1. The number of thiazole rings is 1. The first kappa shape index (κ1) is 14.5. The van der Waals surface area contributed by atoms with Gasteiger partial charge < -0.3 is 10.5 Å². The fourth-order valence-corrected chi connectivity index (χ4v) is 3.05. The molecule has 0 radical (unpaired) electrons. The van der Waals surface area contributed by atoms with Crippen LogP contribution >= 0.6 is 11.3 Å². The van der Waals surface area contributed by atoms with E-state index >= 15 is 0 Å². The molecule has 1 aromatic heterocycles. The van der Waals surface area contributed by atoms with Gasteiger partial charge in [0.15, 0.2) is 5.13 Å². The van der Waals surface area contributed by atoms with Crippen molar-refractivity contribution in [1.82, 2.24) is 4.98 Å². The second-order valence-corrected chi connectivity index (χ2v) is 6.08. The Hall–Kier alpha value is -0.940. The van der Waals surface area contributed by atoms with Gasteiger partial charge in [0.2, 0.25) is 0 Å². The maximum absolute atomic E-state index is 11.8. The van der Waals surface area contributed by atoms with E-state index in [-0.39, 0.29) is 5.78 Å². The zero-order valence-electron chi connectivity index (χ0n) is 11.3. The number of nitrogen functional groups attached to an aromatic ring is 1. The molecule has 5 heteroatoms. The first-order valence-corrected chi connectivity index (χ1v) is 7.91. The quantitative estimate of drug-likeness (QED) is 0.781. The average Bonchev–Trinajstić information content (AvgIpc) is 2.81. The first-order valence-electron chi connectivity index (χ1n) is 7.03. The van der Waals surface area contributed by atoms with E-state index in [0.29, 0.717) is 18.0 Å². The molecule has 0 atom stereocenters. The molecule has 1 aliphatic heterocycles. The third kappa shape index (κ3) is 5.28. The van der Waals surface area contributed by atoms with Crippen LogP contribution in [0.15, 0.2) is 5.38 Å². The van der Waals surface area contributed by atoms with E-state index in [9.17, 15) is 4.79 Å². The number of hydrogen-bond acceptors (Lipinski definition) is 5. The molecule has 0 spiro atoms. The average molecular weight is 282 g/mol. The van der Waals surface area contributed by atoms with Crippen LogP contribution < -0.4 is 5.73 Å². The van der Waals surface area contributed by atoms with Gasteiger partial charge in [-0.2, -0.15) is 0 Å². The van der Waals surface area contributed by atoms with Crippen LogP contribution in [0.4, 0.5) is 5.13 Å². The lowest BCUT2D eigenvalue weighted by molar-refractivity contribution is -0.118. The molecule has 1 aromatic rings. The fourth-order valence-electron chi connectivity index (χ4n) is 2.48. The highest BCUT2D eigenvalue weighted by Crippen LogP contribution is 2.21. The maximum atomic E-state index is 11.8. The lowest BCUT2D eigenvalue weighted by Gasteiger charge is -2.21. The Labute approximate surface area is 118 Å². The van der Waals surface area contributed by atoms with Crippen molar-refractivity contribution in [2.75, 3.05) is 18.9 Å². The molecular formula is C14H22N2O2S. The predicted molar refractivity (Wildman–Crippen MR) is 77.2 cm³/mol. The number of carbonyl (C=O) groups excluding carboxylic acids is 1. The monoisotopic (exact) mass is 282 g/mol. The minimum atomic E-state index is 0.275. The Bertz CT molecular complexity index is 400. The summed E-state index contributed by atoms with van der Waals surface area (Å²) < 4.78 is 5.34. The van der Waals surface area contributed by atoms with Crippen molar-refractivity contribution < 1.29 is 9.53 Å². The smallest absolute Gasteiger partial charge is 0.180 e. The maximum Gasteiger partial charge on any atom is 0.180 e. The van der Waals surface area contributed by atoms with Gasteiger partial charge in [0.25, 0.3) is 0 Å². The Morgan fingerprint density at radius 1 is 1.42 bits per heavy atom. The summed E-state index contributed by atoms with van der Waals surface area (Å²) in [7, 11) is 0. The first-order chi connectivity index (χ1) is 9.24. The van der Waals surface area contributed by atoms with Crippen molar-refractivity contribution in [3.8, 4) is 0 Å². The van der Waals surface area contributed by atoms with E-state index in [2.05, 4.69) is 4.98 Å². The van der Waals surface area contributed by atoms with Crippen LogP contribution in [0.3, 0.4) is 0 Å². The van der Waals surface area contributed by atoms with Gasteiger partial charge in [-0.3, -0.25) is 4.79 Å². The molecule has 2 rings (SSSR count). The summed E-state index contributed by atoms with van der Waals surface area (Å²) in [6.45, 7) is 1.82. The number of anilines is 1. The Morgan fingerprint density at radius 2 is 2.21 bits per heavy atom. The highest BCUT2D eigenvalue weighted by atomic mass is 32.1. The number of carbonyl (C=O) groups is 1. The summed E-state index contributed by atoms with van der Waals surface area (Å²) in [6, 6.07) is 0. The van der Waals surface area contributed by atoms with Gasteiger partial charge in [-0.05, 0) is 25.2 Å². The Kier molecular flexibility index (Phi) is 5.79. The van der Waals surface area contributed by atoms with Gasteiger partial charge in [-0.25, -0.2) is 4.98 Å². The molecule has 0 amide bonds. The highest BCUT2D eigenvalue weighted by Gasteiger charge is 2.13. The Morgan fingerprint density at radius 3 is 2.89 bits per heavy atom. The lowest BCUT2D eigenvalue weighted by atomic mass is 9.93. The summed E-state index contributed by atoms with van der Waals surface area (Å²) in [6.07, 6.45) is 6.86. The molecular weight excluding hydrogens is 260 g/mol. The van der Waals surface area contributed by atoms with Crippen LogP contribution in [0, 0.1) is 5.92 Å². The number of ketones is 1. The van der Waals surface area contributed by atoms with Crippen molar-refractivity contribution in [3.63, 3.8) is 0 Å². The molecule has 0 aliphatic carbocycles. The number of Topliss-reactive ketones (excluding diaryl/α,β-unsaturated/α-hetero) is 1. The number of hydrogen-bond donors (Lipinski definition) is 1. The molecule has 2 N–H and O–H groups in total. The molecule has 0 unspecified atom stereocenters. The topological polar surface area (TPSA) is 65.2 Å². The SMILES string of the molecule is Nc1nc(CC(=O)CCCCC2CCOCC2)cs1. The molecule has 0 saturated carbocycles. The van der Waals surface area contributed by atoms with Gasteiger partial charge in [-0.15, -0.1) is 11.3 Å².